The van der Waals surface area contributed by atoms with Crippen molar-refractivity contribution in [3.05, 3.63) is 115 Å². The highest BCUT2D eigenvalue weighted by Crippen LogP contribution is 2.35. The lowest BCUT2D eigenvalue weighted by Gasteiger charge is -2.13. The minimum absolute atomic E-state index is 0.121. The Labute approximate surface area is 270 Å². The SMILES string of the molecule is CN(C)CCNc1cc(F)cc(-c2cccc3[nH]c(-c4n[nH]c5ccc(-c6cncc(NC(=O)Cc7ccccc7)c6)nc45)cc23)c1. The van der Waals surface area contributed by atoms with E-state index in [0.29, 0.717) is 29.1 Å². The second-order valence-electron chi connectivity index (χ2n) is 11.7. The second kappa shape index (κ2) is 12.9. The number of carbonyl (C=O) groups is 1. The van der Waals surface area contributed by atoms with Gasteiger partial charge in [0.1, 0.15) is 17.0 Å². The van der Waals surface area contributed by atoms with E-state index in [9.17, 15) is 9.18 Å². The van der Waals surface area contributed by atoms with Crippen molar-refractivity contribution in [2.45, 2.75) is 6.42 Å². The fraction of sp³-hybridized carbons (Fsp3) is 0.135. The number of likely N-dealkylation sites (N-methyl/N-ethyl adjacent to an activating group) is 1. The molecule has 10 heteroatoms. The van der Waals surface area contributed by atoms with Crippen LogP contribution in [0.5, 0.6) is 0 Å². The lowest BCUT2D eigenvalue weighted by molar-refractivity contribution is -0.115. The number of fused-ring (bicyclic) bond motifs is 2. The van der Waals surface area contributed by atoms with Crippen LogP contribution in [0, 0.1) is 5.82 Å². The molecular formula is C37H33FN8O. The van der Waals surface area contributed by atoms with E-state index in [4.69, 9.17) is 4.98 Å². The van der Waals surface area contributed by atoms with Gasteiger partial charge < -0.3 is 20.5 Å². The highest BCUT2D eigenvalue weighted by molar-refractivity contribution is 6.01. The summed E-state index contributed by atoms with van der Waals surface area (Å²) in [7, 11) is 4.01. The zero-order valence-corrected chi connectivity index (χ0v) is 26.0. The third kappa shape index (κ3) is 6.58. The molecule has 0 aliphatic rings. The number of carbonyl (C=O) groups excluding carboxylic acids is 1. The molecule has 4 heterocycles. The van der Waals surface area contributed by atoms with Gasteiger partial charge >= 0.3 is 0 Å². The first-order chi connectivity index (χ1) is 22.9. The molecule has 7 rings (SSSR count). The van der Waals surface area contributed by atoms with Crippen LogP contribution < -0.4 is 10.6 Å². The summed E-state index contributed by atoms with van der Waals surface area (Å²) in [5.74, 6) is -0.420. The topological polar surface area (TPSA) is 115 Å². The Morgan fingerprint density at radius 2 is 1.72 bits per heavy atom. The zero-order valence-electron chi connectivity index (χ0n) is 26.0. The summed E-state index contributed by atoms with van der Waals surface area (Å²) in [6, 6.07) is 28.3. The van der Waals surface area contributed by atoms with Crippen molar-refractivity contribution in [2.75, 3.05) is 37.8 Å². The molecule has 0 aliphatic carbocycles. The molecule has 9 nitrogen and oxygen atoms in total. The van der Waals surface area contributed by atoms with Crippen LogP contribution in [0.15, 0.2) is 103 Å². The van der Waals surface area contributed by atoms with E-state index in [2.05, 4.69) is 35.7 Å². The number of aromatic amines is 2. The van der Waals surface area contributed by atoms with Gasteiger partial charge in [-0.2, -0.15) is 5.10 Å². The Bertz CT molecular complexity index is 2210. The summed E-state index contributed by atoms with van der Waals surface area (Å²) >= 11 is 0. The largest absolute Gasteiger partial charge is 0.384 e. The first-order valence-corrected chi connectivity index (χ1v) is 15.4. The molecule has 0 saturated heterocycles. The normalized spacial score (nSPS) is 11.4. The van der Waals surface area contributed by atoms with Crippen molar-refractivity contribution < 1.29 is 9.18 Å². The van der Waals surface area contributed by atoms with Crippen LogP contribution in [0.1, 0.15) is 5.56 Å². The van der Waals surface area contributed by atoms with E-state index >= 15 is 0 Å². The summed E-state index contributed by atoms with van der Waals surface area (Å²) in [6.45, 7) is 1.54. The number of anilines is 2. The molecule has 47 heavy (non-hydrogen) atoms. The molecule has 0 radical (unpaired) electrons. The van der Waals surface area contributed by atoms with Gasteiger partial charge in [0, 0.05) is 41.4 Å². The molecular weight excluding hydrogens is 591 g/mol. The van der Waals surface area contributed by atoms with E-state index in [1.165, 1.54) is 6.07 Å². The lowest BCUT2D eigenvalue weighted by Crippen LogP contribution is -2.20. The number of halogens is 1. The number of hydrogen-bond acceptors (Lipinski definition) is 6. The zero-order chi connectivity index (χ0) is 32.3. The summed E-state index contributed by atoms with van der Waals surface area (Å²) in [4.78, 5) is 27.5. The van der Waals surface area contributed by atoms with Gasteiger partial charge in [-0.1, -0.05) is 42.5 Å². The summed E-state index contributed by atoms with van der Waals surface area (Å²) in [6.07, 6.45) is 3.62. The van der Waals surface area contributed by atoms with Crippen LogP contribution in [0.2, 0.25) is 0 Å². The van der Waals surface area contributed by atoms with Gasteiger partial charge in [-0.05, 0) is 79.3 Å². The Morgan fingerprint density at radius 3 is 2.57 bits per heavy atom. The van der Waals surface area contributed by atoms with E-state index in [1.54, 1.807) is 18.5 Å². The molecule has 3 aromatic carbocycles. The Morgan fingerprint density at radius 1 is 0.872 bits per heavy atom. The number of nitrogens with one attached hydrogen (secondary N) is 4. The molecule has 234 valence electrons. The molecule has 7 aromatic rings. The summed E-state index contributed by atoms with van der Waals surface area (Å²) in [5, 5.41) is 14.9. The van der Waals surface area contributed by atoms with Gasteiger partial charge in [0.25, 0.3) is 0 Å². The number of aromatic nitrogens is 5. The Hall–Kier alpha value is -5.87. The number of hydrogen-bond donors (Lipinski definition) is 4. The second-order valence-corrected chi connectivity index (χ2v) is 11.7. The maximum absolute atomic E-state index is 14.8. The highest BCUT2D eigenvalue weighted by atomic mass is 19.1. The molecule has 4 aromatic heterocycles. The summed E-state index contributed by atoms with van der Waals surface area (Å²) in [5.41, 5.74) is 9.22. The van der Waals surface area contributed by atoms with Gasteiger partial charge in [-0.3, -0.25) is 14.9 Å². The standard InChI is InChI=1S/C37H33FN8O/c1-46(2)14-13-40-27-17-24(16-26(38)19-27)29-9-6-10-32-30(29)20-34(42-32)37-36-33(44-45-37)12-11-31(43-36)25-18-28(22-39-21-25)41-35(47)15-23-7-4-3-5-8-23/h3-12,16-22,40,42H,13-15H2,1-2H3,(H,41,47)(H,44,45). The number of pyridine rings is 2. The maximum atomic E-state index is 14.8. The lowest BCUT2D eigenvalue weighted by atomic mass is 10.0. The fourth-order valence-electron chi connectivity index (χ4n) is 5.69. The molecule has 0 spiro atoms. The van der Waals surface area contributed by atoms with Crippen LogP contribution in [0.3, 0.4) is 0 Å². The average Bonchev–Trinajstić information content (AvgIpc) is 3.69. The van der Waals surface area contributed by atoms with E-state index in [0.717, 1.165) is 56.6 Å². The van der Waals surface area contributed by atoms with Crippen molar-refractivity contribution in [1.29, 1.82) is 0 Å². The Kier molecular flexibility index (Phi) is 8.16. The minimum atomic E-state index is -0.299. The van der Waals surface area contributed by atoms with Crippen LogP contribution in [-0.4, -0.2) is 63.1 Å². The highest BCUT2D eigenvalue weighted by Gasteiger charge is 2.16. The number of nitrogens with zero attached hydrogens (tertiary/aromatic N) is 4. The van der Waals surface area contributed by atoms with E-state index < -0.39 is 0 Å². The van der Waals surface area contributed by atoms with Gasteiger partial charge in [0.2, 0.25) is 5.91 Å². The number of H-pyrrole nitrogens is 2. The fourth-order valence-corrected chi connectivity index (χ4v) is 5.69. The van der Waals surface area contributed by atoms with Crippen LogP contribution in [0.25, 0.3) is 55.7 Å². The van der Waals surface area contributed by atoms with E-state index in [1.807, 2.05) is 93.0 Å². The molecule has 0 atom stereocenters. The molecule has 0 fully saturated rings. The minimum Gasteiger partial charge on any atom is -0.384 e. The van der Waals surface area contributed by atoms with Crippen LogP contribution >= 0.6 is 0 Å². The van der Waals surface area contributed by atoms with E-state index in [-0.39, 0.29) is 18.1 Å². The van der Waals surface area contributed by atoms with Crippen molar-refractivity contribution in [2.24, 2.45) is 0 Å². The summed E-state index contributed by atoms with van der Waals surface area (Å²) < 4.78 is 14.8. The molecule has 0 bridgehead atoms. The molecule has 1 amide bonds. The number of benzene rings is 3. The van der Waals surface area contributed by atoms with Gasteiger partial charge in [0.15, 0.2) is 0 Å². The first kappa shape index (κ1) is 29.8. The molecule has 0 saturated carbocycles. The quantitative estimate of drug-likeness (QED) is 0.129. The predicted molar refractivity (Wildman–Crippen MR) is 186 cm³/mol. The van der Waals surface area contributed by atoms with Crippen molar-refractivity contribution in [1.82, 2.24) is 30.0 Å². The van der Waals surface area contributed by atoms with Crippen LogP contribution in [-0.2, 0) is 11.2 Å². The monoisotopic (exact) mass is 624 g/mol. The smallest absolute Gasteiger partial charge is 0.228 e. The van der Waals surface area contributed by atoms with Crippen molar-refractivity contribution in [3.8, 4) is 33.8 Å². The molecule has 0 aliphatic heterocycles. The number of rotatable bonds is 10. The van der Waals surface area contributed by atoms with Gasteiger partial charge in [-0.25, -0.2) is 9.37 Å². The maximum Gasteiger partial charge on any atom is 0.228 e. The predicted octanol–water partition coefficient (Wildman–Crippen LogP) is 7.13. The number of amides is 1. The van der Waals surface area contributed by atoms with Crippen molar-refractivity contribution >= 4 is 39.2 Å². The van der Waals surface area contributed by atoms with Gasteiger partial charge in [0.05, 0.1) is 35.2 Å². The first-order valence-electron chi connectivity index (χ1n) is 15.4. The molecule has 4 N–H and O–H groups in total. The Balaban J connectivity index is 1.18. The third-order valence-corrected chi connectivity index (χ3v) is 7.95. The third-order valence-electron chi connectivity index (χ3n) is 7.95. The van der Waals surface area contributed by atoms with Crippen LogP contribution in [0.4, 0.5) is 15.8 Å². The average molecular weight is 625 g/mol. The van der Waals surface area contributed by atoms with Gasteiger partial charge in [-0.15, -0.1) is 0 Å². The molecule has 0 unspecified atom stereocenters. The van der Waals surface area contributed by atoms with Crippen molar-refractivity contribution in [3.63, 3.8) is 0 Å².